The Morgan fingerprint density at radius 3 is 2.82 bits per heavy atom. The molecule has 0 unspecified atom stereocenters. The summed E-state index contributed by atoms with van der Waals surface area (Å²) in [7, 11) is 1.76. The second-order valence-corrected chi connectivity index (χ2v) is 3.83. The number of aryl methyl sites for hydroxylation is 2. The number of amides is 1. The van der Waals surface area contributed by atoms with Gasteiger partial charge in [-0.2, -0.15) is 5.10 Å². The van der Waals surface area contributed by atoms with Crippen LogP contribution in [0.3, 0.4) is 0 Å². The molecule has 0 fully saturated rings. The van der Waals surface area contributed by atoms with E-state index in [9.17, 15) is 4.79 Å². The zero-order valence-corrected chi connectivity index (χ0v) is 9.77. The molecule has 0 aliphatic heterocycles. The SMILES string of the molecule is Cc1cccc(C(=O)Nc2ccnn2C)c1N. The van der Waals surface area contributed by atoms with Crippen molar-refractivity contribution in [3.8, 4) is 0 Å². The fourth-order valence-electron chi connectivity index (χ4n) is 1.56. The average Bonchev–Trinajstić information content (AvgIpc) is 2.68. The molecule has 2 aromatic rings. The Balaban J connectivity index is 2.27. The Morgan fingerprint density at radius 1 is 1.41 bits per heavy atom. The van der Waals surface area contributed by atoms with Crippen molar-refractivity contribution in [2.24, 2.45) is 7.05 Å². The van der Waals surface area contributed by atoms with Crippen LogP contribution in [0.4, 0.5) is 11.5 Å². The second kappa shape index (κ2) is 4.29. The van der Waals surface area contributed by atoms with Gasteiger partial charge in [0.05, 0.1) is 11.8 Å². The Hall–Kier alpha value is -2.30. The number of hydrogen-bond acceptors (Lipinski definition) is 3. The van der Waals surface area contributed by atoms with Crippen LogP contribution in [0.2, 0.25) is 0 Å². The molecular formula is C12H14N4O. The quantitative estimate of drug-likeness (QED) is 0.769. The molecule has 1 heterocycles. The highest BCUT2D eigenvalue weighted by Gasteiger charge is 2.12. The van der Waals surface area contributed by atoms with Gasteiger partial charge in [0, 0.05) is 18.8 Å². The van der Waals surface area contributed by atoms with Crippen molar-refractivity contribution >= 4 is 17.4 Å². The van der Waals surface area contributed by atoms with Crippen molar-refractivity contribution in [2.45, 2.75) is 6.92 Å². The zero-order chi connectivity index (χ0) is 12.4. The maximum absolute atomic E-state index is 12.0. The number of aromatic nitrogens is 2. The number of nitrogens with one attached hydrogen (secondary N) is 1. The standard InChI is InChI=1S/C12H14N4O/c1-8-4-3-5-9(11(8)13)12(17)15-10-6-7-14-16(10)2/h3-7H,13H2,1-2H3,(H,15,17). The monoisotopic (exact) mass is 230 g/mol. The van der Waals surface area contributed by atoms with Crippen LogP contribution in [0.15, 0.2) is 30.5 Å². The van der Waals surface area contributed by atoms with E-state index in [0.29, 0.717) is 17.1 Å². The molecule has 1 aromatic heterocycles. The van der Waals surface area contributed by atoms with Gasteiger partial charge in [-0.3, -0.25) is 9.48 Å². The third-order valence-corrected chi connectivity index (χ3v) is 2.63. The molecule has 5 nitrogen and oxygen atoms in total. The zero-order valence-electron chi connectivity index (χ0n) is 9.77. The van der Waals surface area contributed by atoms with Crippen molar-refractivity contribution in [2.75, 3.05) is 11.1 Å². The number of para-hydroxylation sites is 1. The molecule has 17 heavy (non-hydrogen) atoms. The number of nitrogen functional groups attached to an aromatic ring is 1. The highest BCUT2D eigenvalue weighted by Crippen LogP contribution is 2.17. The van der Waals surface area contributed by atoms with E-state index in [-0.39, 0.29) is 5.91 Å². The van der Waals surface area contributed by atoms with Crippen LogP contribution < -0.4 is 11.1 Å². The number of rotatable bonds is 2. The summed E-state index contributed by atoms with van der Waals surface area (Å²) in [6.45, 7) is 1.87. The lowest BCUT2D eigenvalue weighted by Gasteiger charge is -2.09. The fourth-order valence-corrected chi connectivity index (χ4v) is 1.56. The number of anilines is 2. The van der Waals surface area contributed by atoms with Crippen LogP contribution in [-0.2, 0) is 7.05 Å². The third-order valence-electron chi connectivity index (χ3n) is 2.63. The number of nitrogens with two attached hydrogens (primary N) is 1. The molecule has 0 bridgehead atoms. The molecule has 1 amide bonds. The molecule has 0 spiro atoms. The summed E-state index contributed by atoms with van der Waals surface area (Å²) in [6, 6.07) is 7.11. The summed E-state index contributed by atoms with van der Waals surface area (Å²) in [5.74, 6) is 0.408. The summed E-state index contributed by atoms with van der Waals surface area (Å²) in [4.78, 5) is 12.0. The molecule has 0 aliphatic rings. The van der Waals surface area contributed by atoms with Crippen molar-refractivity contribution in [1.82, 2.24) is 9.78 Å². The maximum atomic E-state index is 12.0. The minimum Gasteiger partial charge on any atom is -0.398 e. The second-order valence-electron chi connectivity index (χ2n) is 3.83. The Kier molecular flexibility index (Phi) is 2.82. The largest absolute Gasteiger partial charge is 0.398 e. The van der Waals surface area contributed by atoms with E-state index in [1.54, 1.807) is 30.1 Å². The Morgan fingerprint density at radius 2 is 2.18 bits per heavy atom. The lowest BCUT2D eigenvalue weighted by molar-refractivity contribution is 0.102. The molecule has 0 radical (unpaired) electrons. The first kappa shape index (κ1) is 11.2. The minimum absolute atomic E-state index is 0.227. The van der Waals surface area contributed by atoms with E-state index in [4.69, 9.17) is 5.73 Å². The molecule has 0 atom stereocenters. The van der Waals surface area contributed by atoms with Crippen LogP contribution in [-0.4, -0.2) is 15.7 Å². The average molecular weight is 230 g/mol. The summed E-state index contributed by atoms with van der Waals surface area (Å²) in [5.41, 5.74) is 7.74. The smallest absolute Gasteiger partial charge is 0.258 e. The predicted molar refractivity (Wildman–Crippen MR) is 66.8 cm³/mol. The first-order valence-corrected chi connectivity index (χ1v) is 5.24. The summed E-state index contributed by atoms with van der Waals surface area (Å²) in [6.07, 6.45) is 1.62. The molecule has 0 saturated carbocycles. The molecule has 3 N–H and O–H groups in total. The highest BCUT2D eigenvalue weighted by atomic mass is 16.1. The maximum Gasteiger partial charge on any atom is 0.258 e. The third kappa shape index (κ3) is 2.13. The van der Waals surface area contributed by atoms with Gasteiger partial charge in [-0.05, 0) is 18.6 Å². The van der Waals surface area contributed by atoms with E-state index in [1.807, 2.05) is 19.1 Å². The molecule has 2 rings (SSSR count). The summed E-state index contributed by atoms with van der Waals surface area (Å²) in [5, 5.41) is 6.73. The lowest BCUT2D eigenvalue weighted by atomic mass is 10.1. The van der Waals surface area contributed by atoms with Gasteiger partial charge in [0.15, 0.2) is 0 Å². The van der Waals surface area contributed by atoms with Gasteiger partial charge >= 0.3 is 0 Å². The molecular weight excluding hydrogens is 216 g/mol. The highest BCUT2D eigenvalue weighted by molar-refractivity contribution is 6.07. The van der Waals surface area contributed by atoms with Gasteiger partial charge < -0.3 is 11.1 Å². The van der Waals surface area contributed by atoms with Crippen molar-refractivity contribution in [3.05, 3.63) is 41.6 Å². The topological polar surface area (TPSA) is 72.9 Å². The van der Waals surface area contributed by atoms with E-state index in [1.165, 1.54) is 0 Å². The van der Waals surface area contributed by atoms with E-state index in [2.05, 4.69) is 10.4 Å². The van der Waals surface area contributed by atoms with Crippen molar-refractivity contribution in [1.29, 1.82) is 0 Å². The van der Waals surface area contributed by atoms with Crippen LogP contribution in [0.25, 0.3) is 0 Å². The lowest BCUT2D eigenvalue weighted by Crippen LogP contribution is -2.16. The Labute approximate surface area is 99.2 Å². The fraction of sp³-hybridized carbons (Fsp3) is 0.167. The van der Waals surface area contributed by atoms with Gasteiger partial charge in [0.2, 0.25) is 0 Å². The number of benzene rings is 1. The number of hydrogen-bond donors (Lipinski definition) is 2. The van der Waals surface area contributed by atoms with Gasteiger partial charge in [0.1, 0.15) is 5.82 Å². The first-order valence-electron chi connectivity index (χ1n) is 5.24. The van der Waals surface area contributed by atoms with Crippen LogP contribution in [0.1, 0.15) is 15.9 Å². The Bertz CT molecular complexity index is 559. The molecule has 88 valence electrons. The van der Waals surface area contributed by atoms with Crippen LogP contribution in [0.5, 0.6) is 0 Å². The summed E-state index contributed by atoms with van der Waals surface area (Å²) >= 11 is 0. The van der Waals surface area contributed by atoms with Gasteiger partial charge in [-0.25, -0.2) is 0 Å². The first-order chi connectivity index (χ1) is 8.09. The van der Waals surface area contributed by atoms with Crippen LogP contribution in [0, 0.1) is 6.92 Å². The molecule has 0 aliphatic carbocycles. The minimum atomic E-state index is -0.227. The van der Waals surface area contributed by atoms with Gasteiger partial charge in [-0.1, -0.05) is 12.1 Å². The van der Waals surface area contributed by atoms with E-state index < -0.39 is 0 Å². The number of carbonyl (C=O) groups excluding carboxylic acids is 1. The van der Waals surface area contributed by atoms with Gasteiger partial charge in [0.25, 0.3) is 5.91 Å². The molecule has 0 saturated heterocycles. The predicted octanol–water partition coefficient (Wildman–Crippen LogP) is 1.56. The molecule has 5 heteroatoms. The van der Waals surface area contributed by atoms with Crippen molar-refractivity contribution < 1.29 is 4.79 Å². The normalized spacial score (nSPS) is 10.2. The number of carbonyl (C=O) groups is 1. The van der Waals surface area contributed by atoms with Crippen LogP contribution >= 0.6 is 0 Å². The van der Waals surface area contributed by atoms with Crippen molar-refractivity contribution in [3.63, 3.8) is 0 Å². The van der Waals surface area contributed by atoms with Gasteiger partial charge in [-0.15, -0.1) is 0 Å². The van der Waals surface area contributed by atoms with E-state index in [0.717, 1.165) is 5.56 Å². The van der Waals surface area contributed by atoms with E-state index >= 15 is 0 Å². The summed E-state index contributed by atoms with van der Waals surface area (Å²) < 4.78 is 1.59. The number of nitrogens with zero attached hydrogens (tertiary/aromatic N) is 2. The molecule has 1 aromatic carbocycles.